The van der Waals surface area contributed by atoms with Crippen LogP contribution in [0.3, 0.4) is 0 Å². The number of hydrogen-bond acceptors (Lipinski definition) is 2. The first kappa shape index (κ1) is 9.40. The first-order chi connectivity index (χ1) is 7.19. The first-order valence-electron chi connectivity index (χ1n) is 5.93. The molecule has 0 aromatic carbocycles. The van der Waals surface area contributed by atoms with Gasteiger partial charge in [-0.3, -0.25) is 4.68 Å². The Balaban J connectivity index is 1.84. The van der Waals surface area contributed by atoms with Gasteiger partial charge in [0.1, 0.15) is 0 Å². The van der Waals surface area contributed by atoms with Gasteiger partial charge in [0.25, 0.3) is 0 Å². The average molecular weight is 206 g/mol. The quantitative estimate of drug-likeness (QED) is 0.804. The van der Waals surface area contributed by atoms with Gasteiger partial charge >= 0.3 is 0 Å². The lowest BCUT2D eigenvalue weighted by molar-refractivity contribution is 0.162. The number of hydrogen-bond donors (Lipinski definition) is 1. The lowest BCUT2D eigenvalue weighted by Crippen LogP contribution is -2.16. The average Bonchev–Trinajstić information content (AvgIpc) is 2.70. The second kappa shape index (κ2) is 3.08. The molecule has 2 aliphatic rings. The third-order valence-corrected chi connectivity index (χ3v) is 4.00. The minimum atomic E-state index is -0.166. The molecular weight excluding hydrogens is 188 g/mol. The fourth-order valence-corrected chi connectivity index (χ4v) is 2.53. The lowest BCUT2D eigenvalue weighted by atomic mass is 10.0. The molecule has 2 fully saturated rings. The van der Waals surface area contributed by atoms with E-state index < -0.39 is 0 Å². The van der Waals surface area contributed by atoms with Crippen LogP contribution in [0.15, 0.2) is 12.3 Å². The summed E-state index contributed by atoms with van der Waals surface area (Å²) >= 11 is 0. The minimum absolute atomic E-state index is 0.166. The number of aliphatic hydroxyl groups excluding tert-OH is 1. The summed E-state index contributed by atoms with van der Waals surface area (Å²) in [5.74, 6) is 0.286. The van der Waals surface area contributed by atoms with E-state index >= 15 is 0 Å². The predicted octanol–water partition coefficient (Wildman–Crippen LogP) is 2.02. The Kier molecular flexibility index (Phi) is 1.93. The van der Waals surface area contributed by atoms with Gasteiger partial charge in [0.2, 0.25) is 0 Å². The van der Waals surface area contributed by atoms with Crippen molar-refractivity contribution >= 4 is 0 Å². The minimum Gasteiger partial charge on any atom is -0.392 e. The van der Waals surface area contributed by atoms with Crippen molar-refractivity contribution in [2.24, 2.45) is 0 Å². The molecule has 15 heavy (non-hydrogen) atoms. The van der Waals surface area contributed by atoms with Gasteiger partial charge in [0.15, 0.2) is 0 Å². The van der Waals surface area contributed by atoms with E-state index in [0.717, 1.165) is 25.0 Å². The number of rotatable bonds is 2. The van der Waals surface area contributed by atoms with Gasteiger partial charge < -0.3 is 5.11 Å². The molecule has 2 saturated carbocycles. The van der Waals surface area contributed by atoms with Crippen molar-refractivity contribution in [2.45, 2.75) is 56.6 Å². The molecule has 0 aliphatic heterocycles. The maximum atomic E-state index is 9.82. The van der Waals surface area contributed by atoms with Crippen molar-refractivity contribution in [1.29, 1.82) is 0 Å². The van der Waals surface area contributed by atoms with Crippen molar-refractivity contribution in [3.8, 4) is 0 Å². The molecule has 3 nitrogen and oxygen atoms in total. The molecule has 2 aliphatic carbocycles. The Morgan fingerprint density at radius 3 is 2.87 bits per heavy atom. The smallest absolute Gasteiger partial charge is 0.0681 e. The molecule has 1 heterocycles. The Morgan fingerprint density at radius 1 is 1.47 bits per heavy atom. The summed E-state index contributed by atoms with van der Waals surface area (Å²) < 4.78 is 2.09. The largest absolute Gasteiger partial charge is 0.392 e. The maximum Gasteiger partial charge on any atom is 0.0681 e. The topological polar surface area (TPSA) is 38.0 Å². The van der Waals surface area contributed by atoms with Crippen LogP contribution in [0, 0.1) is 0 Å². The molecule has 3 rings (SSSR count). The Bertz CT molecular complexity index is 367. The summed E-state index contributed by atoms with van der Waals surface area (Å²) in [4.78, 5) is 0. The van der Waals surface area contributed by atoms with Crippen LogP contribution in [-0.4, -0.2) is 21.0 Å². The SMILES string of the molecule is CC1(n2ccc(C3CCCC3O)n2)CC1. The van der Waals surface area contributed by atoms with Crippen LogP contribution < -0.4 is 0 Å². The highest BCUT2D eigenvalue weighted by atomic mass is 16.3. The normalized spacial score (nSPS) is 33.2. The van der Waals surface area contributed by atoms with E-state index in [-0.39, 0.29) is 17.6 Å². The van der Waals surface area contributed by atoms with E-state index in [9.17, 15) is 5.11 Å². The standard InChI is InChI=1S/C12H18N2O/c1-12(6-7-12)14-8-5-10(13-14)9-3-2-4-11(9)15/h5,8-9,11,15H,2-4,6-7H2,1H3. The molecule has 1 aromatic heterocycles. The van der Waals surface area contributed by atoms with E-state index in [1.54, 1.807) is 0 Å². The predicted molar refractivity (Wildman–Crippen MR) is 57.7 cm³/mol. The second-order valence-electron chi connectivity index (χ2n) is 5.29. The molecule has 3 heteroatoms. The first-order valence-corrected chi connectivity index (χ1v) is 5.93. The van der Waals surface area contributed by atoms with E-state index in [0.29, 0.717) is 0 Å². The highest BCUT2D eigenvalue weighted by molar-refractivity contribution is 5.13. The lowest BCUT2D eigenvalue weighted by Gasteiger charge is -2.12. The Hall–Kier alpha value is -0.830. The summed E-state index contributed by atoms with van der Waals surface area (Å²) in [7, 11) is 0. The molecule has 82 valence electrons. The molecule has 1 aromatic rings. The van der Waals surface area contributed by atoms with Gasteiger partial charge in [-0.1, -0.05) is 6.42 Å². The molecule has 0 spiro atoms. The molecule has 2 unspecified atom stereocenters. The van der Waals surface area contributed by atoms with Crippen molar-refractivity contribution in [3.63, 3.8) is 0 Å². The fourth-order valence-electron chi connectivity index (χ4n) is 2.53. The second-order valence-corrected chi connectivity index (χ2v) is 5.29. The van der Waals surface area contributed by atoms with Gasteiger partial charge in [0, 0.05) is 12.1 Å². The molecule has 2 atom stereocenters. The van der Waals surface area contributed by atoms with E-state index in [1.165, 1.54) is 12.8 Å². The summed E-state index contributed by atoms with van der Waals surface area (Å²) in [6, 6.07) is 2.09. The number of nitrogens with zero attached hydrogens (tertiary/aromatic N) is 2. The molecular formula is C12H18N2O. The summed E-state index contributed by atoms with van der Waals surface area (Å²) in [6.07, 6.45) is 7.55. The van der Waals surface area contributed by atoms with Crippen LogP contribution in [0.2, 0.25) is 0 Å². The number of aliphatic hydroxyl groups is 1. The molecule has 0 amide bonds. The van der Waals surface area contributed by atoms with E-state index in [2.05, 4.69) is 29.0 Å². The van der Waals surface area contributed by atoms with Gasteiger partial charge in [0.05, 0.1) is 17.3 Å². The van der Waals surface area contributed by atoms with Crippen LogP contribution in [0.1, 0.15) is 50.6 Å². The van der Waals surface area contributed by atoms with Gasteiger partial charge in [-0.25, -0.2) is 0 Å². The van der Waals surface area contributed by atoms with Crippen molar-refractivity contribution < 1.29 is 5.11 Å². The van der Waals surface area contributed by atoms with Crippen LogP contribution in [0.25, 0.3) is 0 Å². The van der Waals surface area contributed by atoms with Crippen molar-refractivity contribution in [3.05, 3.63) is 18.0 Å². The molecule has 1 N–H and O–H groups in total. The Morgan fingerprint density at radius 2 is 2.27 bits per heavy atom. The summed E-state index contributed by atoms with van der Waals surface area (Å²) in [5.41, 5.74) is 1.37. The molecule has 0 saturated heterocycles. The third kappa shape index (κ3) is 1.49. The highest BCUT2D eigenvalue weighted by Crippen LogP contribution is 2.43. The number of aromatic nitrogens is 2. The van der Waals surface area contributed by atoms with E-state index in [1.807, 2.05) is 0 Å². The summed E-state index contributed by atoms with van der Waals surface area (Å²) in [5, 5.41) is 14.5. The highest BCUT2D eigenvalue weighted by Gasteiger charge is 2.40. The van der Waals surface area contributed by atoms with Gasteiger partial charge in [-0.05, 0) is 38.7 Å². The zero-order valence-corrected chi connectivity index (χ0v) is 9.19. The molecule has 0 radical (unpaired) electrons. The van der Waals surface area contributed by atoms with E-state index in [4.69, 9.17) is 0 Å². The third-order valence-electron chi connectivity index (χ3n) is 4.00. The zero-order valence-electron chi connectivity index (χ0n) is 9.19. The van der Waals surface area contributed by atoms with Crippen molar-refractivity contribution in [2.75, 3.05) is 0 Å². The zero-order chi connectivity index (χ0) is 10.5. The van der Waals surface area contributed by atoms with Crippen LogP contribution in [0.5, 0.6) is 0 Å². The monoisotopic (exact) mass is 206 g/mol. The Labute approximate surface area is 90.1 Å². The van der Waals surface area contributed by atoms with Crippen LogP contribution >= 0.6 is 0 Å². The fraction of sp³-hybridized carbons (Fsp3) is 0.750. The summed E-state index contributed by atoms with van der Waals surface area (Å²) in [6.45, 7) is 2.24. The van der Waals surface area contributed by atoms with Crippen molar-refractivity contribution in [1.82, 2.24) is 9.78 Å². The molecule has 0 bridgehead atoms. The van der Waals surface area contributed by atoms with Crippen LogP contribution in [0.4, 0.5) is 0 Å². The maximum absolute atomic E-state index is 9.82. The van der Waals surface area contributed by atoms with Crippen LogP contribution in [-0.2, 0) is 5.54 Å². The van der Waals surface area contributed by atoms with Gasteiger partial charge in [-0.15, -0.1) is 0 Å². The van der Waals surface area contributed by atoms with Gasteiger partial charge in [-0.2, -0.15) is 5.10 Å².